The molecular weight excluding hydrogens is 452 g/mol. The van der Waals surface area contributed by atoms with Crippen molar-refractivity contribution in [3.05, 3.63) is 65.2 Å². The van der Waals surface area contributed by atoms with E-state index in [2.05, 4.69) is 4.72 Å². The molecule has 2 aromatic carbocycles. The van der Waals surface area contributed by atoms with Crippen LogP contribution in [0.4, 0.5) is 0 Å². The summed E-state index contributed by atoms with van der Waals surface area (Å²) in [6.07, 6.45) is 6.40. The zero-order chi connectivity index (χ0) is 24.1. The third-order valence-electron chi connectivity index (χ3n) is 6.49. The maximum absolute atomic E-state index is 12.6. The number of hydrogen-bond donors (Lipinski definition) is 1. The molecule has 1 N–H and O–H groups in total. The molecule has 1 aliphatic carbocycles. The number of sulfonamides is 1. The Morgan fingerprint density at radius 2 is 1.65 bits per heavy atom. The Bertz CT molecular complexity index is 1110. The topological polar surface area (TPSA) is 92.8 Å². The molecule has 182 valence electrons. The number of hydrogen-bond acceptors (Lipinski definition) is 5. The third kappa shape index (κ3) is 5.85. The molecule has 2 aromatic rings. The molecule has 0 bridgehead atoms. The molecule has 2 aliphatic rings. The summed E-state index contributed by atoms with van der Waals surface area (Å²) in [5.74, 6) is 0.229. The molecule has 1 saturated carbocycles. The van der Waals surface area contributed by atoms with Crippen LogP contribution in [0.1, 0.15) is 84.2 Å². The highest BCUT2D eigenvalue weighted by molar-refractivity contribution is 7.89. The minimum atomic E-state index is -3.47. The second kappa shape index (κ2) is 10.7. The molecule has 0 aromatic heterocycles. The van der Waals surface area contributed by atoms with E-state index < -0.39 is 10.0 Å². The van der Waals surface area contributed by atoms with Crippen LogP contribution in [0.15, 0.2) is 48.5 Å². The third-order valence-corrected chi connectivity index (χ3v) is 8.03. The van der Waals surface area contributed by atoms with Crippen molar-refractivity contribution in [1.82, 2.24) is 9.62 Å². The standard InChI is InChI=1S/C26H32N2O5S/c1-19(20-10-9-13-22(18-20)33-21-11-3-4-12-21)27-34(31,32)17-8-2-7-16-28-25(29)23-14-5-6-15-24(23)26(28)30/h5-6,9-10,13-15,18-19,21,27H,2-4,7-8,11-12,16-17H2,1H3. The van der Waals surface area contributed by atoms with Crippen molar-refractivity contribution in [2.24, 2.45) is 0 Å². The Kier molecular flexibility index (Phi) is 7.68. The quantitative estimate of drug-likeness (QED) is 0.376. The van der Waals surface area contributed by atoms with Crippen LogP contribution in [0.5, 0.6) is 5.75 Å². The van der Waals surface area contributed by atoms with Gasteiger partial charge in [-0.05, 0) is 75.3 Å². The Hall–Kier alpha value is -2.71. The van der Waals surface area contributed by atoms with Gasteiger partial charge in [0.25, 0.3) is 11.8 Å². The Balaban J connectivity index is 1.21. The highest BCUT2D eigenvalue weighted by Gasteiger charge is 2.34. The van der Waals surface area contributed by atoms with Crippen LogP contribution in [-0.4, -0.2) is 43.5 Å². The first-order valence-corrected chi connectivity index (χ1v) is 13.7. The van der Waals surface area contributed by atoms with Crippen LogP contribution >= 0.6 is 0 Å². The van der Waals surface area contributed by atoms with E-state index in [1.54, 1.807) is 24.3 Å². The highest BCUT2D eigenvalue weighted by Crippen LogP contribution is 2.26. The van der Waals surface area contributed by atoms with Gasteiger partial charge in [0.2, 0.25) is 10.0 Å². The van der Waals surface area contributed by atoms with E-state index in [1.165, 1.54) is 17.7 Å². The first kappa shape index (κ1) is 24.4. The molecule has 2 amide bonds. The van der Waals surface area contributed by atoms with Crippen LogP contribution in [-0.2, 0) is 10.0 Å². The zero-order valence-corrected chi connectivity index (χ0v) is 20.4. The van der Waals surface area contributed by atoms with Gasteiger partial charge < -0.3 is 4.74 Å². The van der Waals surface area contributed by atoms with Crippen molar-refractivity contribution in [2.75, 3.05) is 12.3 Å². The molecule has 8 heteroatoms. The predicted octanol–water partition coefficient (Wildman–Crippen LogP) is 4.45. The average Bonchev–Trinajstić information content (AvgIpc) is 3.41. The fraction of sp³-hybridized carbons (Fsp3) is 0.462. The maximum atomic E-state index is 12.6. The average molecular weight is 485 g/mol. The molecule has 0 spiro atoms. The van der Waals surface area contributed by atoms with Crippen LogP contribution in [0.2, 0.25) is 0 Å². The van der Waals surface area contributed by atoms with Gasteiger partial charge in [-0.2, -0.15) is 0 Å². The van der Waals surface area contributed by atoms with E-state index in [4.69, 9.17) is 4.74 Å². The van der Waals surface area contributed by atoms with Gasteiger partial charge in [0.1, 0.15) is 5.75 Å². The first-order chi connectivity index (χ1) is 16.3. The number of amides is 2. The lowest BCUT2D eigenvalue weighted by atomic mass is 10.1. The summed E-state index contributed by atoms with van der Waals surface area (Å²) in [5, 5.41) is 0. The number of nitrogens with zero attached hydrogens (tertiary/aromatic N) is 1. The Morgan fingerprint density at radius 3 is 2.32 bits per heavy atom. The maximum Gasteiger partial charge on any atom is 0.261 e. The van der Waals surface area contributed by atoms with Crippen molar-refractivity contribution in [3.8, 4) is 5.75 Å². The summed E-state index contributed by atoms with van der Waals surface area (Å²) in [6.45, 7) is 2.12. The molecule has 1 unspecified atom stereocenters. The number of imide groups is 1. The fourth-order valence-electron chi connectivity index (χ4n) is 4.63. The lowest BCUT2D eigenvalue weighted by Gasteiger charge is -2.18. The second-order valence-electron chi connectivity index (χ2n) is 9.12. The highest BCUT2D eigenvalue weighted by atomic mass is 32.2. The minimum absolute atomic E-state index is 0.00226. The lowest BCUT2D eigenvalue weighted by Crippen LogP contribution is -2.31. The van der Waals surface area contributed by atoms with Gasteiger partial charge in [-0.25, -0.2) is 13.1 Å². The molecule has 7 nitrogen and oxygen atoms in total. The summed E-state index contributed by atoms with van der Waals surface area (Å²) >= 11 is 0. The number of fused-ring (bicyclic) bond motifs is 1. The molecule has 34 heavy (non-hydrogen) atoms. The van der Waals surface area contributed by atoms with E-state index in [0.29, 0.717) is 36.9 Å². The number of carbonyl (C=O) groups is 2. The Labute approximate surface area is 201 Å². The van der Waals surface area contributed by atoms with Crippen molar-refractivity contribution in [1.29, 1.82) is 0 Å². The zero-order valence-electron chi connectivity index (χ0n) is 19.5. The number of rotatable bonds is 11. The molecule has 1 fully saturated rings. The molecule has 1 aliphatic heterocycles. The van der Waals surface area contributed by atoms with Gasteiger partial charge in [-0.15, -0.1) is 0 Å². The monoisotopic (exact) mass is 484 g/mol. The number of unbranched alkanes of at least 4 members (excludes halogenated alkanes) is 2. The molecule has 1 atom stereocenters. The van der Waals surface area contributed by atoms with Gasteiger partial charge in [0, 0.05) is 12.6 Å². The molecule has 1 heterocycles. The lowest BCUT2D eigenvalue weighted by molar-refractivity contribution is 0.0651. The van der Waals surface area contributed by atoms with E-state index >= 15 is 0 Å². The molecule has 0 saturated heterocycles. The van der Waals surface area contributed by atoms with Crippen LogP contribution in [0, 0.1) is 0 Å². The van der Waals surface area contributed by atoms with Crippen LogP contribution < -0.4 is 9.46 Å². The van der Waals surface area contributed by atoms with Crippen LogP contribution in [0.3, 0.4) is 0 Å². The molecular formula is C26H32N2O5S. The summed E-state index contributed by atoms with van der Waals surface area (Å²) in [4.78, 5) is 26.0. The van der Waals surface area contributed by atoms with E-state index in [-0.39, 0.29) is 29.7 Å². The smallest absolute Gasteiger partial charge is 0.261 e. The minimum Gasteiger partial charge on any atom is -0.490 e. The van der Waals surface area contributed by atoms with E-state index in [0.717, 1.165) is 24.2 Å². The normalized spacial score (nSPS) is 17.3. The number of nitrogens with one attached hydrogen (secondary N) is 1. The SMILES string of the molecule is CC(NS(=O)(=O)CCCCCN1C(=O)c2ccccc2C1=O)c1cccc(OC2CCCC2)c1. The van der Waals surface area contributed by atoms with Crippen molar-refractivity contribution in [3.63, 3.8) is 0 Å². The van der Waals surface area contributed by atoms with Crippen LogP contribution in [0.25, 0.3) is 0 Å². The van der Waals surface area contributed by atoms with Crippen molar-refractivity contribution in [2.45, 2.75) is 64.0 Å². The van der Waals surface area contributed by atoms with Gasteiger partial charge in [0.05, 0.1) is 23.0 Å². The van der Waals surface area contributed by atoms with Gasteiger partial charge in [-0.3, -0.25) is 14.5 Å². The molecule has 0 radical (unpaired) electrons. The largest absolute Gasteiger partial charge is 0.490 e. The van der Waals surface area contributed by atoms with Gasteiger partial charge in [-0.1, -0.05) is 30.7 Å². The van der Waals surface area contributed by atoms with Gasteiger partial charge >= 0.3 is 0 Å². The number of ether oxygens (including phenoxy) is 1. The fourth-order valence-corrected chi connectivity index (χ4v) is 6.01. The molecule has 4 rings (SSSR count). The Morgan fingerprint density at radius 1 is 0.971 bits per heavy atom. The summed E-state index contributed by atoms with van der Waals surface area (Å²) in [5.41, 5.74) is 1.74. The summed E-state index contributed by atoms with van der Waals surface area (Å²) < 4.78 is 34.0. The van der Waals surface area contributed by atoms with Gasteiger partial charge in [0.15, 0.2) is 0 Å². The predicted molar refractivity (Wildman–Crippen MR) is 130 cm³/mol. The van der Waals surface area contributed by atoms with Crippen molar-refractivity contribution >= 4 is 21.8 Å². The number of carbonyl (C=O) groups excluding carboxylic acids is 2. The first-order valence-electron chi connectivity index (χ1n) is 12.1. The van der Waals surface area contributed by atoms with E-state index in [1.807, 2.05) is 31.2 Å². The second-order valence-corrected chi connectivity index (χ2v) is 11.0. The van der Waals surface area contributed by atoms with Crippen molar-refractivity contribution < 1.29 is 22.7 Å². The summed E-state index contributed by atoms with van der Waals surface area (Å²) in [7, 11) is -3.47. The van der Waals surface area contributed by atoms with E-state index in [9.17, 15) is 18.0 Å². The number of benzene rings is 2. The summed E-state index contributed by atoms with van der Waals surface area (Å²) in [6, 6.07) is 14.1.